The van der Waals surface area contributed by atoms with Gasteiger partial charge in [0.1, 0.15) is 55.3 Å². The van der Waals surface area contributed by atoms with Crippen molar-refractivity contribution in [1.29, 1.82) is 0 Å². The van der Waals surface area contributed by atoms with Gasteiger partial charge in [-0.05, 0) is 72.0 Å². The summed E-state index contributed by atoms with van der Waals surface area (Å²) in [6.07, 6.45) is -6.99. The lowest BCUT2D eigenvalue weighted by Gasteiger charge is -2.41. The van der Waals surface area contributed by atoms with Crippen LogP contribution in [0, 0.1) is 18.4 Å². The maximum Gasteiger partial charge on any atom is 0.328 e. The molecule has 23 nitrogen and oxygen atoms in total. The zero-order chi connectivity index (χ0) is 55.4. The van der Waals surface area contributed by atoms with E-state index in [2.05, 4.69) is 35.1 Å². The van der Waals surface area contributed by atoms with Crippen LogP contribution in [-0.2, 0) is 80.6 Å². The Balaban J connectivity index is 1.35. The molecule has 75 heavy (non-hydrogen) atoms. The number of aromatic nitrogens is 7. The van der Waals surface area contributed by atoms with Crippen LogP contribution in [0.15, 0.2) is 34.4 Å². The van der Waals surface area contributed by atoms with Crippen LogP contribution >= 0.6 is 13.4 Å². The van der Waals surface area contributed by atoms with Crippen LogP contribution in [0.5, 0.6) is 0 Å². The molecule has 3 aliphatic heterocycles. The number of anilines is 1. The Morgan fingerprint density at radius 1 is 0.880 bits per heavy atom. The summed E-state index contributed by atoms with van der Waals surface area (Å²) < 4.78 is 63.2. The minimum absolute atomic E-state index is 0.000745. The van der Waals surface area contributed by atoms with E-state index < -0.39 is 120 Å². The fourth-order valence-corrected chi connectivity index (χ4v) is 13.9. The molecule has 3 N–H and O–H groups in total. The molecule has 0 saturated carbocycles. The van der Waals surface area contributed by atoms with Crippen LogP contribution < -0.4 is 16.4 Å². The molecule has 1 amide bonds. The SMILES string of the molecule is [C-]#[N+]CCOP1(=S)OC[C@H]2O[C@@H](n3cnc4nc(CC(=O)C(C)C)ccc4c3=O)[C@H](O[Si](C)(C)C(C)(C)C)[C@@H]2OP(O)(=S)OC[C@H]2O[C@@H](n3cnc4c(=O)[nH]c(NC(=O)C(C)C)nc43)[C@H](O1)[C@@H]2O[Si](C)(C)C(C)(C)C. The van der Waals surface area contributed by atoms with Crippen molar-refractivity contribution in [2.75, 3.05) is 31.7 Å². The molecule has 2 bridgehead atoms. The predicted octanol–water partition coefficient (Wildman–Crippen LogP) is 7.06. The molecule has 4 aromatic heterocycles. The topological polar surface area (TPSA) is 265 Å². The van der Waals surface area contributed by atoms with Gasteiger partial charge in [-0.15, -0.1) is 0 Å². The van der Waals surface area contributed by atoms with Crippen LogP contribution in [0.1, 0.15) is 87.4 Å². The average Bonchev–Trinajstić information content (AvgIpc) is 3.96. The Hall–Kier alpha value is -3.40. The first-order valence-corrected chi connectivity index (χ1v) is 35.6. The summed E-state index contributed by atoms with van der Waals surface area (Å²) in [5, 5.41) is 2.01. The molecule has 3 aliphatic rings. The van der Waals surface area contributed by atoms with Gasteiger partial charge in [0.25, 0.3) is 11.1 Å². The van der Waals surface area contributed by atoms with Gasteiger partial charge < -0.3 is 41.6 Å². The number of pyridine rings is 1. The molecule has 0 radical (unpaired) electrons. The summed E-state index contributed by atoms with van der Waals surface area (Å²) in [5.74, 6) is -1.22. The number of amides is 1. The molecule has 10 atom stereocenters. The molecule has 7 rings (SSSR count). The highest BCUT2D eigenvalue weighted by molar-refractivity contribution is 8.07. The van der Waals surface area contributed by atoms with Crippen molar-refractivity contribution in [3.63, 3.8) is 0 Å². The first-order chi connectivity index (χ1) is 34.7. The van der Waals surface area contributed by atoms with Gasteiger partial charge in [0.05, 0.1) is 30.6 Å². The van der Waals surface area contributed by atoms with Crippen molar-refractivity contribution < 1.29 is 55.4 Å². The molecule has 0 aliphatic carbocycles. The number of carbonyl (C=O) groups excluding carboxylic acids is 2. The van der Waals surface area contributed by atoms with Crippen LogP contribution in [0.4, 0.5) is 5.95 Å². The Kier molecular flexibility index (Phi) is 17.7. The number of imidazole rings is 1. The molecule has 0 aromatic carbocycles. The third-order valence-electron chi connectivity index (χ3n) is 14.2. The summed E-state index contributed by atoms with van der Waals surface area (Å²) in [6, 6.07) is 3.18. The van der Waals surface area contributed by atoms with Crippen LogP contribution in [0.25, 0.3) is 27.0 Å². The zero-order valence-corrected chi connectivity index (χ0v) is 50.1. The largest absolute Gasteiger partial charge is 0.408 e. The maximum absolute atomic E-state index is 14.6. The van der Waals surface area contributed by atoms with E-state index in [9.17, 15) is 24.1 Å². The second-order valence-corrected chi connectivity index (χ2v) is 37.8. The number of Topliss-reactive ketones (excluding diaryl/α,β-unsaturated/α-hetero) is 1. The van der Waals surface area contributed by atoms with Gasteiger partial charge in [-0.3, -0.25) is 47.7 Å². The molecular formula is C46H69N9O14P2S2Si2. The summed E-state index contributed by atoms with van der Waals surface area (Å²) in [5.41, 5.74) is -0.703. The third-order valence-corrected chi connectivity index (χ3v) is 27.1. The van der Waals surface area contributed by atoms with Crippen LogP contribution in [-0.4, -0.2) is 130 Å². The standard InChI is InChI=1S/C46H69N9O14P2S2Si2/c1-25(2)29(56)20-27-16-17-28-37(50-27)49-24-55(41(28)59)43-36(69-75(14,15)46(8,9)10)33-30(64-43)22-63-71(73,61-19-18-47-11)67-35-34(68-74(12,13)45(5,6)7)31(21-62-70(60,72)66-33)65-42(35)54-23-48-32-38(54)51-44(53-40(32)58)52-39(57)26(3)4/h16-17,23-26,30-31,33-36,42-43H,18-22H2,1-10,12-15H3,(H,60,72)(H2,51,52,53,57,58)/t30-,31-,33-,34-,35-,36-,42-,43-,70?,71?/m1/s1. The maximum atomic E-state index is 14.6. The number of rotatable bonds is 14. The van der Waals surface area contributed by atoms with E-state index in [0.717, 1.165) is 0 Å². The predicted molar refractivity (Wildman–Crippen MR) is 291 cm³/mol. The molecule has 2 unspecified atom stereocenters. The molecular weight excluding hydrogens is 1080 g/mol. The monoisotopic (exact) mass is 1150 g/mol. The van der Waals surface area contributed by atoms with E-state index in [4.69, 9.17) is 71.1 Å². The molecule has 412 valence electrons. The fraction of sp³-hybridized carbons (Fsp3) is 0.674. The molecule has 3 fully saturated rings. The summed E-state index contributed by atoms with van der Waals surface area (Å²) in [7, 11) is -5.64. The number of ketones is 1. The number of hydrogen-bond donors (Lipinski definition) is 3. The quantitative estimate of drug-likeness (QED) is 0.0494. The van der Waals surface area contributed by atoms with Crippen molar-refractivity contribution in [2.45, 2.75) is 161 Å². The molecule has 3 saturated heterocycles. The number of aromatic amines is 1. The Morgan fingerprint density at radius 2 is 1.51 bits per heavy atom. The highest BCUT2D eigenvalue weighted by Gasteiger charge is 2.57. The smallest absolute Gasteiger partial charge is 0.328 e. The van der Waals surface area contributed by atoms with Crippen molar-refractivity contribution in [1.82, 2.24) is 34.1 Å². The highest BCUT2D eigenvalue weighted by Crippen LogP contribution is 2.58. The Labute approximate surface area is 448 Å². The molecule has 7 heterocycles. The van der Waals surface area contributed by atoms with E-state index in [0.29, 0.717) is 5.69 Å². The summed E-state index contributed by atoms with van der Waals surface area (Å²) in [6.45, 7) is 25.1. The molecule has 29 heteroatoms. The van der Waals surface area contributed by atoms with Crippen molar-refractivity contribution in [3.8, 4) is 0 Å². The Morgan fingerprint density at radius 3 is 2.13 bits per heavy atom. The van der Waals surface area contributed by atoms with Crippen LogP contribution in [0.3, 0.4) is 0 Å². The first kappa shape index (κ1) is 59.3. The van der Waals surface area contributed by atoms with E-state index in [1.54, 1.807) is 39.8 Å². The van der Waals surface area contributed by atoms with Gasteiger partial charge in [0.2, 0.25) is 18.4 Å². The van der Waals surface area contributed by atoms with Crippen LogP contribution in [0.2, 0.25) is 36.3 Å². The minimum Gasteiger partial charge on any atom is -0.408 e. The minimum atomic E-state index is -4.38. The van der Waals surface area contributed by atoms with Gasteiger partial charge >= 0.3 is 13.4 Å². The third kappa shape index (κ3) is 13.0. The van der Waals surface area contributed by atoms with Gasteiger partial charge in [0, 0.05) is 18.3 Å². The lowest BCUT2D eigenvalue weighted by Crippen LogP contribution is -2.50. The number of carbonyl (C=O) groups is 2. The lowest BCUT2D eigenvalue weighted by atomic mass is 10.0. The number of H-pyrrole nitrogens is 1. The number of hydrogen-bond acceptors (Lipinski definition) is 19. The lowest BCUT2D eigenvalue weighted by molar-refractivity contribution is -0.121. The normalized spacial score (nSPS) is 28.2. The van der Waals surface area contributed by atoms with Gasteiger partial charge in [-0.2, -0.15) is 4.98 Å². The van der Waals surface area contributed by atoms with Gasteiger partial charge in [0.15, 0.2) is 45.9 Å². The van der Waals surface area contributed by atoms with E-state index >= 15 is 0 Å². The van der Waals surface area contributed by atoms with Gasteiger partial charge in [-0.25, -0.2) is 21.5 Å². The second kappa shape index (κ2) is 22.4. The molecule has 0 spiro atoms. The van der Waals surface area contributed by atoms with Crippen molar-refractivity contribution in [3.05, 3.63) is 62.6 Å². The fourth-order valence-electron chi connectivity index (χ4n) is 7.79. The van der Waals surface area contributed by atoms with Crippen molar-refractivity contribution >= 4 is 93.5 Å². The number of nitrogens with zero attached hydrogens (tertiary/aromatic N) is 7. The summed E-state index contributed by atoms with van der Waals surface area (Å²) in [4.78, 5) is 89.8. The first-order valence-electron chi connectivity index (χ1n) is 24.7. The Bertz CT molecular complexity index is 3070. The summed E-state index contributed by atoms with van der Waals surface area (Å²) >= 11 is 12.1. The number of ether oxygens (including phenoxy) is 2. The zero-order valence-electron chi connectivity index (χ0n) is 44.7. The highest BCUT2D eigenvalue weighted by atomic mass is 32.5. The average molecular weight is 1150 g/mol. The van der Waals surface area contributed by atoms with Gasteiger partial charge in [-0.1, -0.05) is 69.2 Å². The molecule has 4 aromatic rings. The number of fused-ring (bicyclic) bond motifs is 5. The second-order valence-electron chi connectivity index (χ2n) is 22.5. The number of nitrogens with one attached hydrogen (secondary N) is 2. The van der Waals surface area contributed by atoms with E-state index in [-0.39, 0.29) is 64.5 Å². The van der Waals surface area contributed by atoms with E-state index in [1.807, 2.05) is 67.7 Å². The van der Waals surface area contributed by atoms with E-state index in [1.165, 1.54) is 21.8 Å². The van der Waals surface area contributed by atoms with Crippen molar-refractivity contribution in [2.24, 2.45) is 11.8 Å².